The molecule has 1 heteroatoms. The lowest BCUT2D eigenvalue weighted by Crippen LogP contribution is -2.10. The van der Waals surface area contributed by atoms with Crippen molar-refractivity contribution in [3.8, 4) is 0 Å². The van der Waals surface area contributed by atoms with Crippen molar-refractivity contribution in [1.29, 1.82) is 0 Å². The molecular formula is C17H27N. The Hall–Kier alpha value is -0.820. The Labute approximate surface area is 112 Å². The van der Waals surface area contributed by atoms with Crippen LogP contribution in [0.25, 0.3) is 0 Å². The molecular weight excluding hydrogens is 218 g/mol. The minimum Gasteiger partial charge on any atom is -0.324 e. The summed E-state index contributed by atoms with van der Waals surface area (Å²) in [5.74, 6) is 1.02. The molecule has 0 amide bonds. The van der Waals surface area contributed by atoms with Crippen LogP contribution < -0.4 is 5.73 Å². The van der Waals surface area contributed by atoms with Crippen LogP contribution in [-0.4, -0.2) is 0 Å². The molecule has 0 spiro atoms. The largest absolute Gasteiger partial charge is 0.324 e. The number of unbranched alkanes of at least 4 members (excludes halogenated alkanes) is 1. The molecule has 1 aliphatic carbocycles. The van der Waals surface area contributed by atoms with Crippen LogP contribution in [0.4, 0.5) is 0 Å². The molecule has 0 saturated heterocycles. The monoisotopic (exact) mass is 245 g/mol. The maximum absolute atomic E-state index is 6.21. The Bertz CT molecular complexity index is 314. The number of hydrogen-bond donors (Lipinski definition) is 1. The van der Waals surface area contributed by atoms with E-state index in [9.17, 15) is 0 Å². The topological polar surface area (TPSA) is 26.0 Å². The Morgan fingerprint density at radius 2 is 1.72 bits per heavy atom. The lowest BCUT2D eigenvalue weighted by Gasteiger charge is -2.21. The minimum absolute atomic E-state index is 0.234. The van der Waals surface area contributed by atoms with E-state index in [1.54, 1.807) is 0 Å². The number of benzene rings is 1. The van der Waals surface area contributed by atoms with E-state index >= 15 is 0 Å². The molecule has 100 valence electrons. The molecule has 1 nitrogen and oxygen atoms in total. The highest BCUT2D eigenvalue weighted by Gasteiger charge is 2.13. The fourth-order valence-corrected chi connectivity index (χ4v) is 3.14. The summed E-state index contributed by atoms with van der Waals surface area (Å²) in [6.45, 7) is 0. The van der Waals surface area contributed by atoms with Gasteiger partial charge in [0.15, 0.2) is 0 Å². The normalized spacial score (nSPS) is 18.7. The molecule has 1 fully saturated rings. The predicted octanol–water partition coefficient (Wildman–Crippen LogP) is 4.83. The van der Waals surface area contributed by atoms with Crippen LogP contribution in [0.1, 0.15) is 69.4 Å². The Kier molecular flexibility index (Phi) is 5.73. The Morgan fingerprint density at radius 3 is 2.44 bits per heavy atom. The van der Waals surface area contributed by atoms with Crippen molar-refractivity contribution in [3.05, 3.63) is 35.9 Å². The van der Waals surface area contributed by atoms with E-state index in [1.807, 2.05) is 0 Å². The highest BCUT2D eigenvalue weighted by molar-refractivity contribution is 5.18. The molecule has 1 aromatic carbocycles. The van der Waals surface area contributed by atoms with E-state index in [0.29, 0.717) is 0 Å². The molecule has 2 N–H and O–H groups in total. The van der Waals surface area contributed by atoms with Crippen LogP contribution >= 0.6 is 0 Å². The smallest absolute Gasteiger partial charge is 0.0294 e. The molecule has 18 heavy (non-hydrogen) atoms. The average Bonchev–Trinajstić information content (AvgIpc) is 2.45. The summed E-state index contributed by atoms with van der Waals surface area (Å²) in [6.07, 6.45) is 12.6. The van der Waals surface area contributed by atoms with Crippen LogP contribution in [0.15, 0.2) is 30.3 Å². The van der Waals surface area contributed by atoms with Crippen LogP contribution in [0.3, 0.4) is 0 Å². The average molecular weight is 245 g/mol. The molecule has 1 unspecified atom stereocenters. The van der Waals surface area contributed by atoms with Crippen LogP contribution in [0.5, 0.6) is 0 Å². The first-order chi connectivity index (χ1) is 8.86. The van der Waals surface area contributed by atoms with E-state index in [2.05, 4.69) is 30.3 Å². The van der Waals surface area contributed by atoms with Crippen molar-refractivity contribution in [1.82, 2.24) is 0 Å². The molecule has 0 heterocycles. The maximum Gasteiger partial charge on any atom is 0.0294 e. The van der Waals surface area contributed by atoms with E-state index < -0.39 is 0 Å². The van der Waals surface area contributed by atoms with Gasteiger partial charge in [0.1, 0.15) is 0 Å². The van der Waals surface area contributed by atoms with Crippen LogP contribution in [-0.2, 0) is 0 Å². The molecule has 0 radical (unpaired) electrons. The summed E-state index contributed by atoms with van der Waals surface area (Å²) in [5.41, 5.74) is 7.50. The number of rotatable bonds is 6. The van der Waals surface area contributed by atoms with Gasteiger partial charge in [0.2, 0.25) is 0 Å². The van der Waals surface area contributed by atoms with Gasteiger partial charge in [-0.05, 0) is 17.9 Å². The quantitative estimate of drug-likeness (QED) is 0.714. The third kappa shape index (κ3) is 4.45. The van der Waals surface area contributed by atoms with Crippen molar-refractivity contribution in [2.75, 3.05) is 0 Å². The number of nitrogens with two attached hydrogens (primary N) is 1. The lowest BCUT2D eigenvalue weighted by atomic mass is 9.85. The van der Waals surface area contributed by atoms with Crippen molar-refractivity contribution in [2.45, 2.75) is 63.8 Å². The minimum atomic E-state index is 0.234. The first-order valence-electron chi connectivity index (χ1n) is 7.67. The molecule has 1 saturated carbocycles. The fraction of sp³-hybridized carbons (Fsp3) is 0.647. The Morgan fingerprint density at radius 1 is 1.00 bits per heavy atom. The zero-order valence-electron chi connectivity index (χ0n) is 11.5. The first kappa shape index (κ1) is 13.6. The first-order valence-corrected chi connectivity index (χ1v) is 7.67. The summed E-state index contributed by atoms with van der Waals surface area (Å²) < 4.78 is 0. The summed E-state index contributed by atoms with van der Waals surface area (Å²) in [7, 11) is 0. The van der Waals surface area contributed by atoms with Gasteiger partial charge in [0.05, 0.1) is 0 Å². The summed E-state index contributed by atoms with van der Waals surface area (Å²) in [4.78, 5) is 0. The predicted molar refractivity (Wildman–Crippen MR) is 78.4 cm³/mol. The zero-order chi connectivity index (χ0) is 12.6. The summed E-state index contributed by atoms with van der Waals surface area (Å²) in [6, 6.07) is 10.7. The van der Waals surface area contributed by atoms with Gasteiger partial charge in [-0.1, -0.05) is 81.7 Å². The molecule has 1 aliphatic rings. The van der Waals surface area contributed by atoms with Gasteiger partial charge in [-0.15, -0.1) is 0 Å². The number of hydrogen-bond acceptors (Lipinski definition) is 1. The third-order valence-electron chi connectivity index (χ3n) is 4.33. The van der Waals surface area contributed by atoms with E-state index in [0.717, 1.165) is 12.3 Å². The van der Waals surface area contributed by atoms with Gasteiger partial charge in [0, 0.05) is 6.04 Å². The second-order valence-electron chi connectivity index (χ2n) is 5.81. The van der Waals surface area contributed by atoms with Gasteiger partial charge >= 0.3 is 0 Å². The molecule has 0 aromatic heterocycles. The molecule has 2 rings (SSSR count). The van der Waals surface area contributed by atoms with Crippen molar-refractivity contribution in [2.24, 2.45) is 11.7 Å². The lowest BCUT2D eigenvalue weighted by molar-refractivity contribution is 0.327. The van der Waals surface area contributed by atoms with Gasteiger partial charge in [0.25, 0.3) is 0 Å². The second-order valence-corrected chi connectivity index (χ2v) is 5.81. The van der Waals surface area contributed by atoms with Crippen molar-refractivity contribution < 1.29 is 0 Å². The van der Waals surface area contributed by atoms with Crippen molar-refractivity contribution in [3.63, 3.8) is 0 Å². The van der Waals surface area contributed by atoms with Crippen LogP contribution in [0.2, 0.25) is 0 Å². The molecule has 1 aromatic rings. The summed E-state index contributed by atoms with van der Waals surface area (Å²) in [5, 5.41) is 0. The van der Waals surface area contributed by atoms with E-state index in [4.69, 9.17) is 5.73 Å². The zero-order valence-corrected chi connectivity index (χ0v) is 11.5. The van der Waals surface area contributed by atoms with Gasteiger partial charge in [-0.3, -0.25) is 0 Å². The standard InChI is InChI=1S/C17H27N/c18-17(16-12-5-2-6-13-16)14-8-7-11-15-9-3-1-4-10-15/h2,5-6,12-13,15,17H,1,3-4,7-11,14,18H2. The van der Waals surface area contributed by atoms with Gasteiger partial charge in [-0.25, -0.2) is 0 Å². The molecule has 1 atom stereocenters. The molecule has 0 aliphatic heterocycles. The third-order valence-corrected chi connectivity index (χ3v) is 4.33. The van der Waals surface area contributed by atoms with Crippen molar-refractivity contribution >= 4 is 0 Å². The van der Waals surface area contributed by atoms with E-state index in [-0.39, 0.29) is 6.04 Å². The van der Waals surface area contributed by atoms with Crippen LogP contribution in [0, 0.1) is 5.92 Å². The van der Waals surface area contributed by atoms with Gasteiger partial charge < -0.3 is 5.73 Å². The SMILES string of the molecule is NC(CCCCC1CCCCC1)c1ccccc1. The highest BCUT2D eigenvalue weighted by Crippen LogP contribution is 2.28. The highest BCUT2D eigenvalue weighted by atomic mass is 14.6. The molecule has 0 bridgehead atoms. The fourth-order valence-electron chi connectivity index (χ4n) is 3.14. The maximum atomic E-state index is 6.21. The summed E-state index contributed by atoms with van der Waals surface area (Å²) >= 11 is 0. The van der Waals surface area contributed by atoms with Gasteiger partial charge in [-0.2, -0.15) is 0 Å². The second kappa shape index (κ2) is 7.58. The van der Waals surface area contributed by atoms with E-state index in [1.165, 1.54) is 56.9 Å². The Balaban J connectivity index is 1.60.